The first-order valence-electron chi connectivity index (χ1n) is 11.7. The number of carbonyl (C=O) groups is 2. The van der Waals surface area contributed by atoms with Crippen LogP contribution in [0.15, 0.2) is 84.6 Å². The second-order valence-corrected chi connectivity index (χ2v) is 8.90. The van der Waals surface area contributed by atoms with Crippen LogP contribution in [0.25, 0.3) is 0 Å². The van der Waals surface area contributed by atoms with Crippen molar-refractivity contribution in [2.24, 2.45) is 5.92 Å². The number of ether oxygens (including phenoxy) is 2. The maximum Gasteiger partial charge on any atom is 0.224 e. The first-order chi connectivity index (χ1) is 17.0. The summed E-state index contributed by atoms with van der Waals surface area (Å²) >= 11 is 0. The van der Waals surface area contributed by atoms with Crippen LogP contribution in [0.3, 0.4) is 0 Å². The first kappa shape index (κ1) is 22.7. The second kappa shape index (κ2) is 9.29. The molecule has 3 aromatic rings. The summed E-state index contributed by atoms with van der Waals surface area (Å²) in [5.41, 5.74) is 4.31. The van der Waals surface area contributed by atoms with E-state index in [4.69, 9.17) is 9.47 Å². The summed E-state index contributed by atoms with van der Waals surface area (Å²) < 4.78 is 10.6. The number of methoxy groups -OCH3 is 2. The molecule has 3 unspecified atom stereocenters. The van der Waals surface area contributed by atoms with Gasteiger partial charge >= 0.3 is 0 Å². The monoisotopic (exact) mass is 468 g/mol. The Morgan fingerprint density at radius 2 is 1.49 bits per heavy atom. The fourth-order valence-electron chi connectivity index (χ4n) is 5.18. The SMILES string of the molecule is COc1ccc(C2C=C3Nc4ccccc4N(C(C)=O)C(c4ccc(OC)cc4)C3C(=O)C2)cc1. The standard InChI is InChI=1S/C29H28N2O4/c1-18(32)31-26-7-5-4-6-24(26)30-25-16-21(19-8-12-22(34-2)13-9-19)17-27(33)28(25)29(31)20-10-14-23(35-3)15-11-20/h4-16,21,28-30H,17H2,1-3H3. The number of amides is 1. The van der Waals surface area contributed by atoms with Crippen LogP contribution in [0.5, 0.6) is 11.5 Å². The number of ketones is 1. The fraction of sp³-hybridized carbons (Fsp3) is 0.241. The zero-order valence-corrected chi connectivity index (χ0v) is 20.0. The molecule has 178 valence electrons. The van der Waals surface area contributed by atoms with Crippen molar-refractivity contribution in [2.75, 3.05) is 24.4 Å². The molecule has 0 radical (unpaired) electrons. The zero-order chi connectivity index (χ0) is 24.5. The molecule has 1 heterocycles. The summed E-state index contributed by atoms with van der Waals surface area (Å²) in [5, 5.41) is 3.52. The lowest BCUT2D eigenvalue weighted by atomic mass is 9.76. The third-order valence-corrected chi connectivity index (χ3v) is 6.86. The average molecular weight is 469 g/mol. The van der Waals surface area contributed by atoms with Gasteiger partial charge in [-0.1, -0.05) is 42.5 Å². The Labute approximate surface area is 205 Å². The number of nitrogens with one attached hydrogen (secondary N) is 1. The number of rotatable bonds is 4. The molecular formula is C29H28N2O4. The maximum absolute atomic E-state index is 13.8. The zero-order valence-electron chi connectivity index (χ0n) is 20.0. The molecule has 1 aliphatic heterocycles. The van der Waals surface area contributed by atoms with E-state index in [1.165, 1.54) is 0 Å². The summed E-state index contributed by atoms with van der Waals surface area (Å²) in [7, 11) is 3.26. The van der Waals surface area contributed by atoms with Crippen LogP contribution in [-0.2, 0) is 9.59 Å². The molecule has 3 aromatic carbocycles. The molecular weight excluding hydrogens is 440 g/mol. The van der Waals surface area contributed by atoms with Crippen molar-refractivity contribution in [3.8, 4) is 11.5 Å². The average Bonchev–Trinajstić information content (AvgIpc) is 3.03. The van der Waals surface area contributed by atoms with Crippen molar-refractivity contribution in [3.63, 3.8) is 0 Å². The fourth-order valence-corrected chi connectivity index (χ4v) is 5.18. The number of carbonyl (C=O) groups excluding carboxylic acids is 2. The lowest BCUT2D eigenvalue weighted by Crippen LogP contribution is -2.41. The van der Waals surface area contributed by atoms with Crippen molar-refractivity contribution in [3.05, 3.63) is 95.7 Å². The highest BCUT2D eigenvalue weighted by molar-refractivity contribution is 6.00. The Hall–Kier alpha value is -4.06. The lowest BCUT2D eigenvalue weighted by Gasteiger charge is -2.37. The van der Waals surface area contributed by atoms with Crippen LogP contribution >= 0.6 is 0 Å². The molecule has 0 fully saturated rings. The van der Waals surface area contributed by atoms with Crippen LogP contribution in [0.2, 0.25) is 0 Å². The highest BCUT2D eigenvalue weighted by Gasteiger charge is 2.44. The highest BCUT2D eigenvalue weighted by Crippen LogP contribution is 2.48. The molecule has 6 heteroatoms. The van der Waals surface area contributed by atoms with Gasteiger partial charge in [0.15, 0.2) is 0 Å². The minimum Gasteiger partial charge on any atom is -0.497 e. The van der Waals surface area contributed by atoms with Crippen LogP contribution in [0.4, 0.5) is 11.4 Å². The highest BCUT2D eigenvalue weighted by atomic mass is 16.5. The van der Waals surface area contributed by atoms with E-state index in [9.17, 15) is 9.59 Å². The molecule has 0 spiro atoms. The minimum atomic E-state index is -0.519. The van der Waals surface area contributed by atoms with Gasteiger partial charge in [0.1, 0.15) is 17.3 Å². The van der Waals surface area contributed by atoms with Crippen molar-refractivity contribution >= 4 is 23.1 Å². The molecule has 1 amide bonds. The van der Waals surface area contributed by atoms with Gasteiger partial charge in [0.25, 0.3) is 0 Å². The Morgan fingerprint density at radius 3 is 2.09 bits per heavy atom. The normalized spacial score (nSPS) is 21.1. The predicted octanol–water partition coefficient (Wildman–Crippen LogP) is 5.48. The molecule has 1 aliphatic carbocycles. The van der Waals surface area contributed by atoms with Gasteiger partial charge in [-0.15, -0.1) is 0 Å². The Balaban J connectivity index is 1.66. The van der Waals surface area contributed by atoms with E-state index in [-0.39, 0.29) is 17.6 Å². The van der Waals surface area contributed by atoms with E-state index in [2.05, 4.69) is 11.4 Å². The molecule has 0 saturated heterocycles. The van der Waals surface area contributed by atoms with Gasteiger partial charge < -0.3 is 19.7 Å². The Kier molecular flexibility index (Phi) is 6.03. The molecule has 2 aliphatic rings. The largest absolute Gasteiger partial charge is 0.497 e. The van der Waals surface area contributed by atoms with E-state index in [1.807, 2.05) is 72.8 Å². The number of benzene rings is 3. The molecule has 3 atom stereocenters. The number of fused-ring (bicyclic) bond motifs is 2. The van der Waals surface area contributed by atoms with Gasteiger partial charge in [-0.05, 0) is 47.5 Å². The summed E-state index contributed by atoms with van der Waals surface area (Å²) in [6.07, 6.45) is 2.50. The third kappa shape index (κ3) is 4.16. The van der Waals surface area contributed by atoms with E-state index < -0.39 is 12.0 Å². The van der Waals surface area contributed by atoms with Gasteiger partial charge in [0, 0.05) is 25.0 Å². The Bertz CT molecular complexity index is 1280. The minimum absolute atomic E-state index is 0.0697. The van der Waals surface area contributed by atoms with Crippen molar-refractivity contribution in [2.45, 2.75) is 25.3 Å². The Morgan fingerprint density at radius 1 is 0.886 bits per heavy atom. The van der Waals surface area contributed by atoms with Gasteiger partial charge in [-0.2, -0.15) is 0 Å². The maximum atomic E-state index is 13.8. The molecule has 0 saturated carbocycles. The number of Topliss-reactive ketones (excluding diaryl/α,β-unsaturated/α-hetero) is 1. The van der Waals surface area contributed by atoms with E-state index in [0.717, 1.165) is 39.7 Å². The van der Waals surface area contributed by atoms with E-state index in [1.54, 1.807) is 26.0 Å². The van der Waals surface area contributed by atoms with Gasteiger partial charge in [-0.25, -0.2) is 0 Å². The number of allylic oxidation sites excluding steroid dienone is 1. The summed E-state index contributed by atoms with van der Waals surface area (Å²) in [4.78, 5) is 28.7. The van der Waals surface area contributed by atoms with Crippen LogP contribution in [-0.4, -0.2) is 25.9 Å². The predicted molar refractivity (Wildman–Crippen MR) is 136 cm³/mol. The van der Waals surface area contributed by atoms with Crippen LogP contribution in [0.1, 0.15) is 36.4 Å². The van der Waals surface area contributed by atoms with Gasteiger partial charge in [-0.3, -0.25) is 9.59 Å². The summed E-state index contributed by atoms with van der Waals surface area (Å²) in [6.45, 7) is 1.55. The number of anilines is 2. The lowest BCUT2D eigenvalue weighted by molar-refractivity contribution is -0.123. The molecule has 0 aromatic heterocycles. The van der Waals surface area contributed by atoms with Crippen molar-refractivity contribution in [1.82, 2.24) is 0 Å². The number of para-hydroxylation sites is 2. The van der Waals surface area contributed by atoms with E-state index >= 15 is 0 Å². The van der Waals surface area contributed by atoms with Gasteiger partial charge in [0.05, 0.1) is 37.6 Å². The smallest absolute Gasteiger partial charge is 0.224 e. The number of hydrogen-bond acceptors (Lipinski definition) is 5. The first-order valence-corrected chi connectivity index (χ1v) is 11.7. The quantitative estimate of drug-likeness (QED) is 0.549. The third-order valence-electron chi connectivity index (χ3n) is 6.86. The van der Waals surface area contributed by atoms with Gasteiger partial charge in [0.2, 0.25) is 5.91 Å². The molecule has 5 rings (SSSR count). The number of nitrogens with zero attached hydrogens (tertiary/aromatic N) is 1. The van der Waals surface area contributed by atoms with Crippen molar-refractivity contribution in [1.29, 1.82) is 0 Å². The number of hydrogen-bond donors (Lipinski definition) is 1. The second-order valence-electron chi connectivity index (χ2n) is 8.90. The molecule has 6 nitrogen and oxygen atoms in total. The molecule has 0 bridgehead atoms. The summed E-state index contributed by atoms with van der Waals surface area (Å²) in [6, 6.07) is 22.7. The van der Waals surface area contributed by atoms with E-state index in [0.29, 0.717) is 6.42 Å². The van der Waals surface area contributed by atoms with Crippen LogP contribution < -0.4 is 19.7 Å². The van der Waals surface area contributed by atoms with Crippen LogP contribution in [0, 0.1) is 5.92 Å². The molecule has 35 heavy (non-hydrogen) atoms. The molecule has 1 N–H and O–H groups in total. The topological polar surface area (TPSA) is 67.9 Å². The van der Waals surface area contributed by atoms with Crippen molar-refractivity contribution < 1.29 is 19.1 Å². The summed E-state index contributed by atoms with van der Waals surface area (Å²) in [5.74, 6) is 0.885.